The van der Waals surface area contributed by atoms with Gasteiger partial charge in [0.15, 0.2) is 0 Å². The maximum Gasteiger partial charge on any atom is 0.228 e. The Labute approximate surface area is 123 Å². The quantitative estimate of drug-likeness (QED) is 0.942. The highest BCUT2D eigenvalue weighted by Crippen LogP contribution is 2.49. The highest BCUT2D eigenvalue weighted by atomic mass is 35.5. The highest BCUT2D eigenvalue weighted by molar-refractivity contribution is 7.10. The first-order valence-electron chi connectivity index (χ1n) is 5.67. The van der Waals surface area contributed by atoms with E-state index in [1.165, 1.54) is 6.20 Å². The lowest BCUT2D eigenvalue weighted by Gasteiger charge is -2.03. The maximum atomic E-state index is 12.0. The second-order valence-electron chi connectivity index (χ2n) is 4.42. The summed E-state index contributed by atoms with van der Waals surface area (Å²) in [5.74, 6) is 0.154. The fourth-order valence-corrected chi connectivity index (χ4v) is 3.04. The van der Waals surface area contributed by atoms with Crippen molar-refractivity contribution >= 4 is 45.6 Å². The minimum absolute atomic E-state index is 0.00727. The van der Waals surface area contributed by atoms with Crippen molar-refractivity contribution in [1.82, 2.24) is 9.59 Å². The molecule has 1 aromatic carbocycles. The first-order valence-corrected chi connectivity index (χ1v) is 7.20. The maximum absolute atomic E-state index is 12.0. The number of carbonyl (C=O) groups is 1. The second kappa shape index (κ2) is 5.07. The summed E-state index contributed by atoms with van der Waals surface area (Å²) < 4.78 is 3.70. The number of aromatic nitrogens is 2. The van der Waals surface area contributed by atoms with Crippen molar-refractivity contribution in [2.24, 2.45) is 5.92 Å². The molecule has 0 bridgehead atoms. The number of halogens is 2. The van der Waals surface area contributed by atoms with Gasteiger partial charge in [-0.15, -0.1) is 5.10 Å². The fourth-order valence-electron chi connectivity index (χ4n) is 2.08. The minimum atomic E-state index is -0.0309. The van der Waals surface area contributed by atoms with Gasteiger partial charge in [-0.05, 0) is 36.1 Å². The number of anilines is 1. The number of nitrogens with one attached hydrogen (secondary N) is 1. The second-order valence-corrected chi connectivity index (χ2v) is 6.08. The van der Waals surface area contributed by atoms with Crippen LogP contribution in [0.4, 0.5) is 5.00 Å². The smallest absolute Gasteiger partial charge is 0.228 e. The molecule has 2 atom stereocenters. The molecule has 1 heterocycles. The molecule has 7 heteroatoms. The number of hydrogen-bond acceptors (Lipinski definition) is 4. The summed E-state index contributed by atoms with van der Waals surface area (Å²) in [5, 5.41) is 8.34. The predicted octanol–water partition coefficient (Wildman–Crippen LogP) is 3.59. The van der Waals surface area contributed by atoms with E-state index in [9.17, 15) is 4.79 Å². The van der Waals surface area contributed by atoms with Crippen molar-refractivity contribution < 1.29 is 4.79 Å². The molecular formula is C12H9Cl2N3OS. The molecule has 1 saturated carbocycles. The van der Waals surface area contributed by atoms with Crippen LogP contribution in [0.5, 0.6) is 0 Å². The average Bonchev–Trinajstić information content (AvgIpc) is 3.00. The number of amides is 1. The zero-order valence-corrected chi connectivity index (χ0v) is 12.0. The van der Waals surface area contributed by atoms with Gasteiger partial charge in [0.05, 0.1) is 6.20 Å². The van der Waals surface area contributed by atoms with Crippen LogP contribution in [-0.2, 0) is 4.79 Å². The minimum Gasteiger partial charge on any atom is -0.315 e. The number of nitrogens with zero attached hydrogens (tertiary/aromatic N) is 2. The van der Waals surface area contributed by atoms with Crippen LogP contribution in [0, 0.1) is 5.92 Å². The highest BCUT2D eigenvalue weighted by Gasteiger charge is 2.44. The van der Waals surface area contributed by atoms with Gasteiger partial charge < -0.3 is 5.32 Å². The molecule has 0 radical (unpaired) electrons. The summed E-state index contributed by atoms with van der Waals surface area (Å²) in [6.07, 6.45) is 2.35. The summed E-state index contributed by atoms with van der Waals surface area (Å²) in [6, 6.07) is 5.41. The van der Waals surface area contributed by atoms with E-state index in [4.69, 9.17) is 23.2 Å². The van der Waals surface area contributed by atoms with E-state index < -0.39 is 0 Å². The third-order valence-electron chi connectivity index (χ3n) is 3.05. The lowest BCUT2D eigenvalue weighted by molar-refractivity contribution is -0.117. The Morgan fingerprint density at radius 1 is 1.32 bits per heavy atom. The number of carbonyl (C=O) groups excluding carboxylic acids is 1. The molecule has 1 aromatic heterocycles. The number of rotatable bonds is 3. The Morgan fingerprint density at radius 2 is 2.05 bits per heavy atom. The lowest BCUT2D eigenvalue weighted by atomic mass is 10.1. The van der Waals surface area contributed by atoms with Gasteiger partial charge in [0.25, 0.3) is 0 Å². The molecular weight excluding hydrogens is 305 g/mol. The van der Waals surface area contributed by atoms with Gasteiger partial charge in [0.2, 0.25) is 5.91 Å². The Kier molecular flexibility index (Phi) is 3.43. The Balaban J connectivity index is 1.68. The Bertz CT molecular complexity index is 597. The van der Waals surface area contributed by atoms with Gasteiger partial charge in [-0.25, -0.2) is 0 Å². The first kappa shape index (κ1) is 12.8. The molecule has 1 aliphatic carbocycles. The molecule has 0 spiro atoms. The topological polar surface area (TPSA) is 54.9 Å². The molecule has 1 N–H and O–H groups in total. The van der Waals surface area contributed by atoms with Crippen LogP contribution in [-0.4, -0.2) is 15.5 Å². The molecule has 0 saturated heterocycles. The van der Waals surface area contributed by atoms with Crippen molar-refractivity contribution in [1.29, 1.82) is 0 Å². The monoisotopic (exact) mass is 313 g/mol. The summed E-state index contributed by atoms with van der Waals surface area (Å²) in [7, 11) is 0. The van der Waals surface area contributed by atoms with Crippen molar-refractivity contribution in [2.45, 2.75) is 12.3 Å². The molecule has 19 heavy (non-hydrogen) atoms. The normalized spacial score (nSPS) is 21.2. The van der Waals surface area contributed by atoms with Crippen molar-refractivity contribution in [3.05, 3.63) is 40.0 Å². The molecule has 0 aliphatic heterocycles. The molecule has 1 aliphatic rings. The van der Waals surface area contributed by atoms with E-state index in [0.29, 0.717) is 15.0 Å². The van der Waals surface area contributed by atoms with Gasteiger partial charge in [-0.3, -0.25) is 4.79 Å². The molecule has 3 rings (SSSR count). The zero-order chi connectivity index (χ0) is 13.4. The van der Waals surface area contributed by atoms with Crippen molar-refractivity contribution in [3.63, 3.8) is 0 Å². The molecule has 4 nitrogen and oxygen atoms in total. The van der Waals surface area contributed by atoms with Crippen LogP contribution < -0.4 is 5.32 Å². The Hall–Kier alpha value is -1.17. The van der Waals surface area contributed by atoms with E-state index in [1.54, 1.807) is 6.07 Å². The van der Waals surface area contributed by atoms with Gasteiger partial charge >= 0.3 is 0 Å². The van der Waals surface area contributed by atoms with Gasteiger partial charge in [0, 0.05) is 27.5 Å². The van der Waals surface area contributed by atoms with Crippen LogP contribution >= 0.6 is 34.7 Å². The fraction of sp³-hybridized carbons (Fsp3) is 0.250. The van der Waals surface area contributed by atoms with Gasteiger partial charge in [-0.2, -0.15) is 0 Å². The van der Waals surface area contributed by atoms with Gasteiger partial charge in [-0.1, -0.05) is 27.7 Å². The van der Waals surface area contributed by atoms with E-state index in [1.807, 2.05) is 12.1 Å². The zero-order valence-electron chi connectivity index (χ0n) is 9.64. The molecule has 98 valence electrons. The number of benzene rings is 1. The molecule has 1 fully saturated rings. The van der Waals surface area contributed by atoms with Crippen molar-refractivity contribution in [2.75, 3.05) is 5.32 Å². The third kappa shape index (κ3) is 2.88. The largest absolute Gasteiger partial charge is 0.315 e. The third-order valence-corrected chi connectivity index (χ3v) is 4.06. The van der Waals surface area contributed by atoms with Crippen LogP contribution in [0.25, 0.3) is 0 Å². The van der Waals surface area contributed by atoms with Crippen LogP contribution in [0.1, 0.15) is 17.9 Å². The summed E-state index contributed by atoms with van der Waals surface area (Å²) in [5.41, 5.74) is 1.01. The molecule has 1 amide bonds. The van der Waals surface area contributed by atoms with Gasteiger partial charge in [0.1, 0.15) is 5.00 Å². The molecule has 0 unspecified atom stereocenters. The number of hydrogen-bond donors (Lipinski definition) is 1. The SMILES string of the molecule is O=C(Nc1cnns1)[C@H]1C[C@H]1c1cc(Cl)cc(Cl)c1. The molecule has 2 aromatic rings. The predicted molar refractivity (Wildman–Crippen MR) is 75.8 cm³/mol. The Morgan fingerprint density at radius 3 is 2.68 bits per heavy atom. The van der Waals surface area contributed by atoms with E-state index >= 15 is 0 Å². The van der Waals surface area contributed by atoms with Crippen LogP contribution in [0.3, 0.4) is 0 Å². The lowest BCUT2D eigenvalue weighted by Crippen LogP contribution is -2.13. The van der Waals surface area contributed by atoms with Crippen LogP contribution in [0.2, 0.25) is 10.0 Å². The van der Waals surface area contributed by atoms with E-state index in [-0.39, 0.29) is 17.7 Å². The van der Waals surface area contributed by atoms with Crippen LogP contribution in [0.15, 0.2) is 24.4 Å². The summed E-state index contributed by atoms with van der Waals surface area (Å²) >= 11 is 13.1. The average molecular weight is 314 g/mol. The van der Waals surface area contributed by atoms with E-state index in [2.05, 4.69) is 14.9 Å². The van der Waals surface area contributed by atoms with E-state index in [0.717, 1.165) is 23.5 Å². The summed E-state index contributed by atoms with van der Waals surface area (Å²) in [6.45, 7) is 0. The van der Waals surface area contributed by atoms with Crippen molar-refractivity contribution in [3.8, 4) is 0 Å². The summed E-state index contributed by atoms with van der Waals surface area (Å²) in [4.78, 5) is 12.0. The standard InChI is InChI=1S/C12H9Cl2N3OS/c13-7-1-6(2-8(14)3-7)9-4-10(9)12(18)16-11-5-15-17-19-11/h1-3,5,9-10H,4H2,(H,16,18)/t9-,10-/m0/s1. The first-order chi connectivity index (χ1) is 9.13.